The summed E-state index contributed by atoms with van der Waals surface area (Å²) in [5.74, 6) is 0.353. The van der Waals surface area contributed by atoms with Gasteiger partial charge in [-0.05, 0) is 46.2 Å². The molecular formula is C23H22FN5O. The van der Waals surface area contributed by atoms with Gasteiger partial charge in [0.15, 0.2) is 5.82 Å². The summed E-state index contributed by atoms with van der Waals surface area (Å²) in [6.07, 6.45) is 0. The van der Waals surface area contributed by atoms with Crippen molar-refractivity contribution in [2.24, 2.45) is 0 Å². The highest BCUT2D eigenvalue weighted by Crippen LogP contribution is 2.33. The standard InChI is InChI=1S/C23H22FN5O/c1-15(2)16-9-3-7-13-20(16)29-23(26-27-28-29)22(17-10-4-8-14-21(17)30)25-19-12-6-5-11-18(19)24/h3-15,22,25,30H,1-2H3. The van der Waals surface area contributed by atoms with Crippen molar-refractivity contribution in [2.45, 2.75) is 25.8 Å². The Kier molecular flexibility index (Phi) is 5.43. The smallest absolute Gasteiger partial charge is 0.183 e. The average Bonchev–Trinajstić information content (AvgIpc) is 3.23. The minimum absolute atomic E-state index is 0.0676. The highest BCUT2D eigenvalue weighted by molar-refractivity contribution is 5.52. The van der Waals surface area contributed by atoms with Gasteiger partial charge in [0.25, 0.3) is 0 Å². The predicted molar refractivity (Wildman–Crippen MR) is 113 cm³/mol. The van der Waals surface area contributed by atoms with Gasteiger partial charge in [-0.3, -0.25) is 0 Å². The van der Waals surface area contributed by atoms with Crippen LogP contribution in [0.15, 0.2) is 72.8 Å². The Bertz CT molecular complexity index is 1160. The first kappa shape index (κ1) is 19.6. The van der Waals surface area contributed by atoms with Crippen LogP contribution in [0.25, 0.3) is 5.69 Å². The molecule has 0 aliphatic rings. The molecule has 3 aromatic carbocycles. The van der Waals surface area contributed by atoms with E-state index in [1.165, 1.54) is 6.07 Å². The second-order valence-corrected chi connectivity index (χ2v) is 7.28. The number of hydrogen-bond donors (Lipinski definition) is 2. The lowest BCUT2D eigenvalue weighted by molar-refractivity contribution is 0.465. The second-order valence-electron chi connectivity index (χ2n) is 7.28. The molecule has 2 N–H and O–H groups in total. The largest absolute Gasteiger partial charge is 0.508 e. The fraction of sp³-hybridized carbons (Fsp3) is 0.174. The number of aromatic nitrogens is 4. The van der Waals surface area contributed by atoms with E-state index in [2.05, 4.69) is 34.7 Å². The Balaban J connectivity index is 1.87. The molecule has 0 radical (unpaired) electrons. The summed E-state index contributed by atoms with van der Waals surface area (Å²) in [4.78, 5) is 0. The van der Waals surface area contributed by atoms with Crippen molar-refractivity contribution < 1.29 is 9.50 Å². The highest BCUT2D eigenvalue weighted by atomic mass is 19.1. The summed E-state index contributed by atoms with van der Waals surface area (Å²) in [5.41, 5.74) is 2.74. The fourth-order valence-electron chi connectivity index (χ4n) is 3.46. The maximum atomic E-state index is 14.4. The number of benzene rings is 3. The predicted octanol–water partition coefficient (Wildman–Crippen LogP) is 4.83. The Morgan fingerprint density at radius 1 is 0.900 bits per heavy atom. The van der Waals surface area contributed by atoms with Gasteiger partial charge in [0.1, 0.15) is 17.6 Å². The van der Waals surface area contributed by atoms with Crippen molar-refractivity contribution >= 4 is 5.69 Å². The van der Waals surface area contributed by atoms with Gasteiger partial charge in [-0.2, -0.15) is 4.68 Å². The second kappa shape index (κ2) is 8.32. The van der Waals surface area contributed by atoms with E-state index in [9.17, 15) is 9.50 Å². The Morgan fingerprint density at radius 3 is 2.30 bits per heavy atom. The van der Waals surface area contributed by atoms with Gasteiger partial charge in [-0.15, -0.1) is 5.10 Å². The molecule has 0 fully saturated rings. The van der Waals surface area contributed by atoms with Crippen molar-refractivity contribution in [1.29, 1.82) is 0 Å². The molecule has 0 saturated carbocycles. The third-order valence-corrected chi connectivity index (χ3v) is 4.96. The number of hydrogen-bond acceptors (Lipinski definition) is 5. The molecule has 1 heterocycles. The quantitative estimate of drug-likeness (QED) is 0.482. The van der Waals surface area contributed by atoms with Crippen LogP contribution >= 0.6 is 0 Å². The van der Waals surface area contributed by atoms with E-state index in [1.807, 2.05) is 24.3 Å². The number of anilines is 1. The molecular weight excluding hydrogens is 381 g/mol. The van der Waals surface area contributed by atoms with Gasteiger partial charge in [0.05, 0.1) is 11.4 Å². The van der Waals surface area contributed by atoms with Crippen LogP contribution in [0.3, 0.4) is 0 Å². The van der Waals surface area contributed by atoms with Gasteiger partial charge in [-0.25, -0.2) is 4.39 Å². The van der Waals surface area contributed by atoms with Crippen molar-refractivity contribution in [3.63, 3.8) is 0 Å². The Hall–Kier alpha value is -3.74. The molecule has 1 aromatic heterocycles. The molecule has 0 bridgehead atoms. The third kappa shape index (κ3) is 3.74. The SMILES string of the molecule is CC(C)c1ccccc1-n1nnnc1C(Nc1ccccc1F)c1ccccc1O. The maximum absolute atomic E-state index is 14.4. The van der Waals surface area contributed by atoms with Crippen LogP contribution in [0.4, 0.5) is 10.1 Å². The van der Waals surface area contributed by atoms with E-state index in [1.54, 1.807) is 47.1 Å². The first-order chi connectivity index (χ1) is 14.6. The third-order valence-electron chi connectivity index (χ3n) is 4.96. The number of phenols is 1. The fourth-order valence-corrected chi connectivity index (χ4v) is 3.46. The van der Waals surface area contributed by atoms with E-state index in [0.29, 0.717) is 11.4 Å². The lowest BCUT2D eigenvalue weighted by Crippen LogP contribution is -2.19. The molecule has 0 aliphatic heterocycles. The number of aromatic hydroxyl groups is 1. The number of rotatable bonds is 6. The summed E-state index contributed by atoms with van der Waals surface area (Å²) in [6, 6.07) is 20.5. The highest BCUT2D eigenvalue weighted by Gasteiger charge is 2.26. The zero-order valence-electron chi connectivity index (χ0n) is 16.7. The number of tetrazole rings is 1. The van der Waals surface area contributed by atoms with Gasteiger partial charge in [0.2, 0.25) is 0 Å². The summed E-state index contributed by atoms with van der Waals surface area (Å²) in [7, 11) is 0. The van der Waals surface area contributed by atoms with Gasteiger partial charge in [-0.1, -0.05) is 62.4 Å². The summed E-state index contributed by atoms with van der Waals surface area (Å²) in [5, 5.41) is 26.0. The molecule has 7 heteroatoms. The normalized spacial score (nSPS) is 12.1. The topological polar surface area (TPSA) is 75.9 Å². The lowest BCUT2D eigenvalue weighted by atomic mass is 10.0. The van der Waals surface area contributed by atoms with Crippen molar-refractivity contribution in [3.05, 3.63) is 95.6 Å². The molecule has 4 aromatic rings. The van der Waals surface area contributed by atoms with Crippen LogP contribution in [-0.4, -0.2) is 25.3 Å². The zero-order chi connectivity index (χ0) is 21.1. The summed E-state index contributed by atoms with van der Waals surface area (Å²) in [6.45, 7) is 4.20. The van der Waals surface area contributed by atoms with Crippen LogP contribution in [0.5, 0.6) is 5.75 Å². The van der Waals surface area contributed by atoms with Gasteiger partial charge >= 0.3 is 0 Å². The van der Waals surface area contributed by atoms with Crippen LogP contribution in [0.1, 0.15) is 42.8 Å². The van der Waals surface area contributed by atoms with Gasteiger partial charge in [0, 0.05) is 5.56 Å². The zero-order valence-corrected chi connectivity index (χ0v) is 16.7. The van der Waals surface area contributed by atoms with Crippen LogP contribution in [0.2, 0.25) is 0 Å². The maximum Gasteiger partial charge on any atom is 0.183 e. The number of nitrogens with zero attached hydrogens (tertiary/aromatic N) is 4. The molecule has 4 rings (SSSR count). The molecule has 30 heavy (non-hydrogen) atoms. The van der Waals surface area contributed by atoms with Crippen molar-refractivity contribution in [1.82, 2.24) is 20.2 Å². The molecule has 0 saturated heterocycles. The number of para-hydroxylation sites is 3. The van der Waals surface area contributed by atoms with E-state index < -0.39 is 11.9 Å². The Morgan fingerprint density at radius 2 is 1.57 bits per heavy atom. The summed E-state index contributed by atoms with van der Waals surface area (Å²) >= 11 is 0. The molecule has 0 amide bonds. The monoisotopic (exact) mass is 403 g/mol. The number of halogens is 1. The molecule has 0 spiro atoms. The minimum atomic E-state index is -0.682. The van der Waals surface area contributed by atoms with Crippen molar-refractivity contribution in [2.75, 3.05) is 5.32 Å². The molecule has 1 atom stereocenters. The van der Waals surface area contributed by atoms with E-state index in [4.69, 9.17) is 0 Å². The average molecular weight is 403 g/mol. The van der Waals surface area contributed by atoms with E-state index in [0.717, 1.165) is 11.3 Å². The van der Waals surface area contributed by atoms with E-state index >= 15 is 0 Å². The van der Waals surface area contributed by atoms with Crippen LogP contribution < -0.4 is 5.32 Å². The molecule has 1 unspecified atom stereocenters. The van der Waals surface area contributed by atoms with E-state index in [-0.39, 0.29) is 17.4 Å². The first-order valence-electron chi connectivity index (χ1n) is 9.72. The van der Waals surface area contributed by atoms with Gasteiger partial charge < -0.3 is 10.4 Å². The van der Waals surface area contributed by atoms with Crippen LogP contribution in [0, 0.1) is 5.82 Å². The Labute approximate surface area is 174 Å². The first-order valence-corrected chi connectivity index (χ1v) is 9.72. The number of phenolic OH excluding ortho intramolecular Hbond substituents is 1. The van der Waals surface area contributed by atoms with Crippen LogP contribution in [-0.2, 0) is 0 Å². The number of nitrogens with one attached hydrogen (secondary N) is 1. The molecule has 0 aliphatic carbocycles. The van der Waals surface area contributed by atoms with Crippen molar-refractivity contribution in [3.8, 4) is 11.4 Å². The molecule has 152 valence electrons. The minimum Gasteiger partial charge on any atom is -0.508 e. The molecule has 6 nitrogen and oxygen atoms in total. The summed E-state index contributed by atoms with van der Waals surface area (Å²) < 4.78 is 16.1. The lowest BCUT2D eigenvalue weighted by Gasteiger charge is -2.22.